The lowest BCUT2D eigenvalue weighted by molar-refractivity contribution is 0.271. The fourth-order valence-corrected chi connectivity index (χ4v) is 2.12. The van der Waals surface area contributed by atoms with Crippen LogP contribution in [-0.4, -0.2) is 29.6 Å². The van der Waals surface area contributed by atoms with E-state index in [0.29, 0.717) is 6.04 Å². The van der Waals surface area contributed by atoms with Gasteiger partial charge in [-0.3, -0.25) is 5.84 Å². The average Bonchev–Trinajstić information content (AvgIpc) is 2.12. The molecule has 1 aliphatic heterocycles. The zero-order valence-corrected chi connectivity index (χ0v) is 5.95. The third kappa shape index (κ3) is 1.37. The fraction of sp³-hybridized carbons (Fsp3) is 1.00. The van der Waals surface area contributed by atoms with Crippen LogP contribution in [0.1, 0.15) is 6.42 Å². The van der Waals surface area contributed by atoms with E-state index in [-0.39, 0.29) is 0 Å². The molecule has 0 spiro atoms. The average molecular weight is 132 g/mol. The Labute approximate surface area is 54.4 Å². The smallest absolute Gasteiger partial charge is 0.0336 e. The molecule has 0 aromatic carbocycles. The molecule has 0 bridgehead atoms. The SMILES string of the molecule is CN(N)[C@@H]1CCSC1. The van der Waals surface area contributed by atoms with E-state index in [1.54, 1.807) is 0 Å². The number of nitrogens with zero attached hydrogens (tertiary/aromatic N) is 1. The van der Waals surface area contributed by atoms with Gasteiger partial charge in [0.2, 0.25) is 0 Å². The van der Waals surface area contributed by atoms with Crippen LogP contribution >= 0.6 is 11.8 Å². The zero-order chi connectivity index (χ0) is 5.98. The second-order valence-electron chi connectivity index (χ2n) is 2.18. The standard InChI is InChI=1S/C5H12N2S/c1-7(6)5-2-3-8-4-5/h5H,2-4,6H2,1H3/t5-/m1/s1. The summed E-state index contributed by atoms with van der Waals surface area (Å²) in [7, 11) is 1.94. The molecule has 1 heterocycles. The van der Waals surface area contributed by atoms with Gasteiger partial charge in [0.05, 0.1) is 0 Å². The molecule has 1 saturated heterocycles. The zero-order valence-electron chi connectivity index (χ0n) is 5.13. The van der Waals surface area contributed by atoms with Gasteiger partial charge in [-0.1, -0.05) is 0 Å². The topological polar surface area (TPSA) is 29.3 Å². The Balaban J connectivity index is 2.24. The number of rotatable bonds is 1. The molecule has 0 unspecified atom stereocenters. The molecule has 48 valence electrons. The van der Waals surface area contributed by atoms with Crippen LogP contribution < -0.4 is 5.84 Å². The number of hydrogen-bond donors (Lipinski definition) is 1. The van der Waals surface area contributed by atoms with Crippen molar-refractivity contribution in [1.82, 2.24) is 5.01 Å². The molecule has 1 atom stereocenters. The third-order valence-corrected chi connectivity index (χ3v) is 2.63. The molecule has 0 amide bonds. The molecule has 1 rings (SSSR count). The van der Waals surface area contributed by atoms with Crippen LogP contribution in [0.5, 0.6) is 0 Å². The first-order valence-electron chi connectivity index (χ1n) is 2.86. The first kappa shape index (κ1) is 6.39. The van der Waals surface area contributed by atoms with E-state index in [9.17, 15) is 0 Å². The van der Waals surface area contributed by atoms with E-state index in [1.165, 1.54) is 17.9 Å². The molecule has 0 aromatic heterocycles. The van der Waals surface area contributed by atoms with E-state index in [0.717, 1.165) is 0 Å². The lowest BCUT2D eigenvalue weighted by Crippen LogP contribution is -2.37. The summed E-state index contributed by atoms with van der Waals surface area (Å²) in [6, 6.07) is 0.639. The van der Waals surface area contributed by atoms with Crippen molar-refractivity contribution in [3.05, 3.63) is 0 Å². The highest BCUT2D eigenvalue weighted by Crippen LogP contribution is 2.19. The summed E-state index contributed by atoms with van der Waals surface area (Å²) in [6.07, 6.45) is 1.26. The molecule has 0 saturated carbocycles. The Kier molecular flexibility index (Phi) is 2.16. The Morgan fingerprint density at radius 1 is 1.75 bits per heavy atom. The second-order valence-corrected chi connectivity index (χ2v) is 3.33. The van der Waals surface area contributed by atoms with Gasteiger partial charge in [0, 0.05) is 18.8 Å². The Morgan fingerprint density at radius 2 is 2.50 bits per heavy atom. The Bertz CT molecular complexity index is 68.8. The van der Waals surface area contributed by atoms with Crippen LogP contribution in [0.25, 0.3) is 0 Å². The molecule has 0 aromatic rings. The molecule has 3 heteroatoms. The van der Waals surface area contributed by atoms with Crippen molar-refractivity contribution in [1.29, 1.82) is 0 Å². The number of hydrazine groups is 1. The molecular weight excluding hydrogens is 120 g/mol. The van der Waals surface area contributed by atoms with Gasteiger partial charge in [-0.05, 0) is 12.2 Å². The van der Waals surface area contributed by atoms with Crippen molar-refractivity contribution in [2.45, 2.75) is 12.5 Å². The van der Waals surface area contributed by atoms with E-state index in [1.807, 2.05) is 23.8 Å². The quantitative estimate of drug-likeness (QED) is 0.411. The maximum absolute atomic E-state index is 5.52. The summed E-state index contributed by atoms with van der Waals surface area (Å²) in [5.41, 5.74) is 0. The minimum absolute atomic E-state index is 0.639. The van der Waals surface area contributed by atoms with Crippen LogP contribution in [-0.2, 0) is 0 Å². The van der Waals surface area contributed by atoms with Gasteiger partial charge in [-0.15, -0.1) is 0 Å². The van der Waals surface area contributed by atoms with Crippen LogP contribution in [0.2, 0.25) is 0 Å². The van der Waals surface area contributed by atoms with Crippen molar-refractivity contribution in [3.8, 4) is 0 Å². The van der Waals surface area contributed by atoms with Crippen molar-refractivity contribution in [3.63, 3.8) is 0 Å². The number of thioether (sulfide) groups is 1. The van der Waals surface area contributed by atoms with Crippen LogP contribution in [0.3, 0.4) is 0 Å². The van der Waals surface area contributed by atoms with Crippen LogP contribution in [0, 0.1) is 0 Å². The van der Waals surface area contributed by atoms with Gasteiger partial charge in [0.1, 0.15) is 0 Å². The Morgan fingerprint density at radius 3 is 2.75 bits per heavy atom. The first-order chi connectivity index (χ1) is 3.80. The highest BCUT2D eigenvalue weighted by molar-refractivity contribution is 7.99. The van der Waals surface area contributed by atoms with Gasteiger partial charge in [0.25, 0.3) is 0 Å². The predicted molar refractivity (Wildman–Crippen MR) is 37.7 cm³/mol. The molecule has 1 fully saturated rings. The molecule has 0 radical (unpaired) electrons. The third-order valence-electron chi connectivity index (χ3n) is 1.48. The highest BCUT2D eigenvalue weighted by Gasteiger charge is 2.16. The van der Waals surface area contributed by atoms with E-state index < -0.39 is 0 Å². The second kappa shape index (κ2) is 2.71. The first-order valence-corrected chi connectivity index (χ1v) is 4.01. The van der Waals surface area contributed by atoms with Crippen LogP contribution in [0.15, 0.2) is 0 Å². The lowest BCUT2D eigenvalue weighted by Gasteiger charge is -2.15. The molecule has 2 nitrogen and oxygen atoms in total. The molecule has 8 heavy (non-hydrogen) atoms. The van der Waals surface area contributed by atoms with E-state index in [2.05, 4.69) is 0 Å². The van der Waals surface area contributed by atoms with E-state index in [4.69, 9.17) is 5.84 Å². The lowest BCUT2D eigenvalue weighted by atomic mass is 10.3. The fourth-order valence-electron chi connectivity index (χ4n) is 0.843. The predicted octanol–water partition coefficient (Wildman–Crippen LogP) is 0.297. The van der Waals surface area contributed by atoms with Gasteiger partial charge < -0.3 is 0 Å². The van der Waals surface area contributed by atoms with E-state index >= 15 is 0 Å². The molecule has 2 N–H and O–H groups in total. The normalized spacial score (nSPS) is 29.6. The van der Waals surface area contributed by atoms with Crippen molar-refractivity contribution >= 4 is 11.8 Å². The van der Waals surface area contributed by atoms with Crippen molar-refractivity contribution in [2.75, 3.05) is 18.6 Å². The van der Waals surface area contributed by atoms with Gasteiger partial charge in [-0.2, -0.15) is 11.8 Å². The molecule has 1 aliphatic rings. The van der Waals surface area contributed by atoms with Crippen molar-refractivity contribution < 1.29 is 0 Å². The molecule has 0 aliphatic carbocycles. The Hall–Kier alpha value is 0.270. The monoisotopic (exact) mass is 132 g/mol. The maximum Gasteiger partial charge on any atom is 0.0336 e. The number of nitrogens with two attached hydrogens (primary N) is 1. The summed E-state index contributed by atoms with van der Waals surface area (Å²) in [6.45, 7) is 0. The number of hydrogen-bond acceptors (Lipinski definition) is 3. The van der Waals surface area contributed by atoms with Gasteiger partial charge >= 0.3 is 0 Å². The van der Waals surface area contributed by atoms with Crippen LogP contribution in [0.4, 0.5) is 0 Å². The minimum atomic E-state index is 0.639. The summed E-state index contributed by atoms with van der Waals surface area (Å²) in [4.78, 5) is 0. The summed E-state index contributed by atoms with van der Waals surface area (Å²) >= 11 is 1.99. The maximum atomic E-state index is 5.52. The summed E-state index contributed by atoms with van der Waals surface area (Å²) in [5, 5.41) is 1.82. The summed E-state index contributed by atoms with van der Waals surface area (Å²) in [5.74, 6) is 8.02. The van der Waals surface area contributed by atoms with Gasteiger partial charge in [0.15, 0.2) is 0 Å². The summed E-state index contributed by atoms with van der Waals surface area (Å²) < 4.78 is 0. The largest absolute Gasteiger partial charge is 0.269 e. The minimum Gasteiger partial charge on any atom is -0.269 e. The van der Waals surface area contributed by atoms with Crippen molar-refractivity contribution in [2.24, 2.45) is 5.84 Å². The van der Waals surface area contributed by atoms with Gasteiger partial charge in [-0.25, -0.2) is 5.01 Å². The highest BCUT2D eigenvalue weighted by atomic mass is 32.2. The molecular formula is C5H12N2S.